The smallest absolute Gasteiger partial charge is 0.315 e. The second-order valence-electron chi connectivity index (χ2n) is 3.42. The van der Waals surface area contributed by atoms with Gasteiger partial charge in [-0.05, 0) is 6.92 Å². The van der Waals surface area contributed by atoms with E-state index in [1.54, 1.807) is 11.3 Å². The van der Waals surface area contributed by atoms with Crippen molar-refractivity contribution < 1.29 is 14.1 Å². The lowest BCUT2D eigenvalue weighted by Gasteiger charge is -1.91. The number of esters is 1. The first kappa shape index (κ1) is 11.7. The largest absolute Gasteiger partial charge is 0.469 e. The van der Waals surface area contributed by atoms with Crippen LogP contribution in [0, 0.1) is 6.92 Å². The average Bonchev–Trinajstić information content (AvgIpc) is 2.89. The van der Waals surface area contributed by atoms with Crippen molar-refractivity contribution >= 4 is 17.3 Å². The van der Waals surface area contributed by atoms with Gasteiger partial charge in [-0.2, -0.15) is 4.98 Å². The molecule has 0 fully saturated rings. The normalized spacial score (nSPS) is 10.5. The van der Waals surface area contributed by atoms with E-state index in [-0.39, 0.29) is 12.3 Å². The zero-order valence-corrected chi connectivity index (χ0v) is 10.3. The number of ether oxygens (including phenoxy) is 1. The maximum atomic E-state index is 11.0. The number of hydrogen-bond acceptors (Lipinski definition) is 7. The Morgan fingerprint density at radius 1 is 1.53 bits per heavy atom. The predicted molar refractivity (Wildman–Crippen MR) is 59.7 cm³/mol. The molecular formula is C10H11N3O3S. The summed E-state index contributed by atoms with van der Waals surface area (Å²) in [5.41, 5.74) is 0.975. The zero-order valence-electron chi connectivity index (χ0n) is 9.47. The van der Waals surface area contributed by atoms with Gasteiger partial charge in [0.25, 0.3) is 0 Å². The molecule has 0 N–H and O–H groups in total. The van der Waals surface area contributed by atoms with Crippen LogP contribution in [-0.4, -0.2) is 28.2 Å². The van der Waals surface area contributed by atoms with E-state index in [1.165, 1.54) is 7.11 Å². The molecule has 0 unspecified atom stereocenters. The van der Waals surface area contributed by atoms with Crippen molar-refractivity contribution in [1.82, 2.24) is 15.1 Å². The molecule has 0 aliphatic rings. The first-order valence-electron chi connectivity index (χ1n) is 4.96. The molecule has 17 heavy (non-hydrogen) atoms. The number of aryl methyl sites for hydroxylation is 1. The second-order valence-corrected chi connectivity index (χ2v) is 4.36. The van der Waals surface area contributed by atoms with Gasteiger partial charge in [0.1, 0.15) is 11.4 Å². The van der Waals surface area contributed by atoms with Gasteiger partial charge < -0.3 is 9.26 Å². The summed E-state index contributed by atoms with van der Waals surface area (Å²) in [7, 11) is 1.32. The molecule has 2 aromatic heterocycles. The standard InChI is InChI=1S/C10H11N3O3S/c1-6-5-17-9(11-6)3-7-12-8(16-13-7)4-10(14)15-2/h5H,3-4H2,1-2H3. The quantitative estimate of drug-likeness (QED) is 0.760. The van der Waals surface area contributed by atoms with E-state index >= 15 is 0 Å². The Morgan fingerprint density at radius 3 is 3.00 bits per heavy atom. The monoisotopic (exact) mass is 253 g/mol. The highest BCUT2D eigenvalue weighted by Gasteiger charge is 2.12. The molecule has 0 aliphatic heterocycles. The minimum atomic E-state index is -0.398. The molecule has 6 nitrogen and oxygen atoms in total. The highest BCUT2D eigenvalue weighted by atomic mass is 32.1. The van der Waals surface area contributed by atoms with Crippen LogP contribution in [0.15, 0.2) is 9.90 Å². The summed E-state index contributed by atoms with van der Waals surface area (Å²) in [5, 5.41) is 6.67. The minimum absolute atomic E-state index is 0.000394. The third kappa shape index (κ3) is 3.10. The molecule has 0 amide bonds. The summed E-state index contributed by atoms with van der Waals surface area (Å²) in [6.45, 7) is 1.93. The topological polar surface area (TPSA) is 78.1 Å². The number of carbonyl (C=O) groups excluding carboxylic acids is 1. The van der Waals surface area contributed by atoms with Crippen LogP contribution in [0.3, 0.4) is 0 Å². The second kappa shape index (κ2) is 5.05. The fourth-order valence-corrected chi connectivity index (χ4v) is 2.02. The molecule has 0 atom stereocenters. The Hall–Kier alpha value is -1.76. The summed E-state index contributed by atoms with van der Waals surface area (Å²) >= 11 is 1.55. The zero-order chi connectivity index (χ0) is 12.3. The van der Waals surface area contributed by atoms with Gasteiger partial charge in [0, 0.05) is 11.1 Å². The molecule has 0 saturated carbocycles. The van der Waals surface area contributed by atoms with Crippen LogP contribution in [0.5, 0.6) is 0 Å². The molecule has 0 aliphatic carbocycles. The van der Waals surface area contributed by atoms with Gasteiger partial charge in [-0.3, -0.25) is 4.79 Å². The summed E-state index contributed by atoms with van der Waals surface area (Å²) in [5.74, 6) is 0.392. The number of rotatable bonds is 4. The van der Waals surface area contributed by atoms with Gasteiger partial charge in [-0.15, -0.1) is 11.3 Å². The molecule has 2 aromatic rings. The van der Waals surface area contributed by atoms with Gasteiger partial charge in [-0.25, -0.2) is 4.98 Å². The highest BCUT2D eigenvalue weighted by Crippen LogP contribution is 2.12. The van der Waals surface area contributed by atoms with Crippen LogP contribution in [0.2, 0.25) is 0 Å². The number of methoxy groups -OCH3 is 1. The molecule has 90 valence electrons. The first-order valence-corrected chi connectivity index (χ1v) is 5.84. The van der Waals surface area contributed by atoms with Crippen molar-refractivity contribution in [2.75, 3.05) is 7.11 Å². The fraction of sp³-hybridized carbons (Fsp3) is 0.400. The number of aromatic nitrogens is 3. The van der Waals surface area contributed by atoms with Crippen molar-refractivity contribution in [1.29, 1.82) is 0 Å². The Labute approximate surface area is 102 Å². The molecule has 0 radical (unpaired) electrons. The predicted octanol–water partition coefficient (Wildman–Crippen LogP) is 1.14. The maximum absolute atomic E-state index is 11.0. The van der Waals surface area contributed by atoms with Crippen LogP contribution < -0.4 is 0 Å². The molecule has 0 spiro atoms. The average molecular weight is 253 g/mol. The Morgan fingerprint density at radius 2 is 2.35 bits per heavy atom. The number of carbonyl (C=O) groups is 1. The van der Waals surface area contributed by atoms with E-state index in [9.17, 15) is 4.79 Å². The molecule has 2 heterocycles. The van der Waals surface area contributed by atoms with Gasteiger partial charge in [0.15, 0.2) is 5.82 Å². The molecule has 0 bridgehead atoms. The van der Waals surface area contributed by atoms with Crippen LogP contribution in [0.1, 0.15) is 22.4 Å². The van der Waals surface area contributed by atoms with Gasteiger partial charge in [-0.1, -0.05) is 5.16 Å². The van der Waals surface area contributed by atoms with Gasteiger partial charge in [0.05, 0.1) is 13.5 Å². The Balaban J connectivity index is 2.01. The van der Waals surface area contributed by atoms with Crippen LogP contribution in [0.4, 0.5) is 0 Å². The summed E-state index contributed by atoms with van der Waals surface area (Å²) < 4.78 is 9.44. The van der Waals surface area contributed by atoms with Gasteiger partial charge >= 0.3 is 5.97 Å². The minimum Gasteiger partial charge on any atom is -0.469 e. The van der Waals surface area contributed by atoms with Crippen LogP contribution in [-0.2, 0) is 22.4 Å². The van der Waals surface area contributed by atoms with E-state index in [1.807, 2.05) is 12.3 Å². The number of nitrogens with zero attached hydrogens (tertiary/aromatic N) is 3. The molecule has 0 aromatic carbocycles. The third-order valence-electron chi connectivity index (χ3n) is 2.01. The molecular weight excluding hydrogens is 242 g/mol. The van der Waals surface area contributed by atoms with E-state index in [2.05, 4.69) is 19.9 Å². The highest BCUT2D eigenvalue weighted by molar-refractivity contribution is 7.09. The van der Waals surface area contributed by atoms with Crippen LogP contribution in [0.25, 0.3) is 0 Å². The third-order valence-corrected chi connectivity index (χ3v) is 2.98. The molecule has 7 heteroatoms. The first-order chi connectivity index (χ1) is 8.17. The van der Waals surface area contributed by atoms with Gasteiger partial charge in [0.2, 0.25) is 5.89 Å². The Kier molecular flexibility index (Phi) is 3.48. The van der Waals surface area contributed by atoms with Crippen molar-refractivity contribution in [3.8, 4) is 0 Å². The van der Waals surface area contributed by atoms with Crippen molar-refractivity contribution in [2.45, 2.75) is 19.8 Å². The fourth-order valence-electron chi connectivity index (χ4n) is 1.25. The van der Waals surface area contributed by atoms with E-state index in [0.717, 1.165) is 10.7 Å². The van der Waals surface area contributed by atoms with Crippen molar-refractivity contribution in [3.63, 3.8) is 0 Å². The molecule has 2 rings (SSSR count). The van der Waals surface area contributed by atoms with Crippen molar-refractivity contribution in [3.05, 3.63) is 27.8 Å². The van der Waals surface area contributed by atoms with E-state index in [0.29, 0.717) is 12.2 Å². The summed E-state index contributed by atoms with van der Waals surface area (Å²) in [6.07, 6.45) is 0.517. The summed E-state index contributed by atoms with van der Waals surface area (Å²) in [6, 6.07) is 0. The lowest BCUT2D eigenvalue weighted by molar-refractivity contribution is -0.140. The summed E-state index contributed by atoms with van der Waals surface area (Å²) in [4.78, 5) is 19.4. The number of thiazole rings is 1. The van der Waals surface area contributed by atoms with Crippen molar-refractivity contribution in [2.24, 2.45) is 0 Å². The van der Waals surface area contributed by atoms with E-state index in [4.69, 9.17) is 4.52 Å². The number of hydrogen-bond donors (Lipinski definition) is 0. The van der Waals surface area contributed by atoms with E-state index < -0.39 is 5.97 Å². The Bertz CT molecular complexity index is 520. The lowest BCUT2D eigenvalue weighted by atomic mass is 10.4. The maximum Gasteiger partial charge on any atom is 0.315 e. The van der Waals surface area contributed by atoms with Crippen LogP contribution >= 0.6 is 11.3 Å². The molecule has 0 saturated heterocycles. The SMILES string of the molecule is COC(=O)Cc1nc(Cc2nc(C)cs2)no1. The lowest BCUT2D eigenvalue weighted by Crippen LogP contribution is -2.04.